The summed E-state index contributed by atoms with van der Waals surface area (Å²) in [5.74, 6) is -1.51. The van der Waals surface area contributed by atoms with Crippen LogP contribution in [0.1, 0.15) is 47.8 Å². The molecule has 9 heteroatoms. The predicted octanol–water partition coefficient (Wildman–Crippen LogP) is 2.74. The van der Waals surface area contributed by atoms with Crippen molar-refractivity contribution in [1.82, 2.24) is 9.62 Å². The molecule has 3 rings (SSSR count). The second-order valence-corrected chi connectivity index (χ2v) is 10.1. The normalized spacial score (nSPS) is 20.5. The zero-order valence-electron chi connectivity index (χ0n) is 18.3. The number of nitrogens with zero attached hydrogens (tertiary/aromatic N) is 1. The minimum absolute atomic E-state index is 0.0935. The lowest BCUT2D eigenvalue weighted by Gasteiger charge is -2.34. The van der Waals surface area contributed by atoms with Crippen molar-refractivity contribution in [3.05, 3.63) is 65.2 Å². The van der Waals surface area contributed by atoms with E-state index in [2.05, 4.69) is 5.32 Å². The Morgan fingerprint density at radius 2 is 1.62 bits per heavy atom. The van der Waals surface area contributed by atoms with Crippen LogP contribution in [0.25, 0.3) is 0 Å². The maximum absolute atomic E-state index is 13.0. The minimum Gasteiger partial charge on any atom is -0.481 e. The summed E-state index contributed by atoms with van der Waals surface area (Å²) in [5, 5.41) is 12.0. The van der Waals surface area contributed by atoms with Crippen molar-refractivity contribution < 1.29 is 27.9 Å². The van der Waals surface area contributed by atoms with Gasteiger partial charge < -0.3 is 15.2 Å². The van der Waals surface area contributed by atoms with Crippen molar-refractivity contribution in [3.63, 3.8) is 0 Å². The molecule has 1 amide bonds. The van der Waals surface area contributed by atoms with Crippen LogP contribution in [-0.4, -0.2) is 55.0 Å². The average Bonchev–Trinajstić information content (AvgIpc) is 2.73. The Morgan fingerprint density at radius 1 is 1.06 bits per heavy atom. The fourth-order valence-corrected chi connectivity index (χ4v) is 5.31. The fourth-order valence-electron chi connectivity index (χ4n) is 3.72. The number of hydrogen-bond donors (Lipinski definition) is 2. The molecule has 32 heavy (non-hydrogen) atoms. The third-order valence-corrected chi connectivity index (χ3v) is 7.15. The van der Waals surface area contributed by atoms with Gasteiger partial charge in [-0.3, -0.25) is 9.59 Å². The summed E-state index contributed by atoms with van der Waals surface area (Å²) in [4.78, 5) is 24.1. The van der Waals surface area contributed by atoms with E-state index >= 15 is 0 Å². The third kappa shape index (κ3) is 5.73. The predicted molar refractivity (Wildman–Crippen MR) is 119 cm³/mol. The largest absolute Gasteiger partial charge is 0.481 e. The lowest BCUT2D eigenvalue weighted by molar-refractivity contribution is -0.137. The first-order valence-corrected chi connectivity index (χ1v) is 11.8. The van der Waals surface area contributed by atoms with E-state index in [0.29, 0.717) is 5.56 Å². The van der Waals surface area contributed by atoms with Crippen molar-refractivity contribution in [2.24, 2.45) is 0 Å². The van der Waals surface area contributed by atoms with Crippen molar-refractivity contribution in [3.8, 4) is 0 Å². The van der Waals surface area contributed by atoms with Gasteiger partial charge in [0.1, 0.15) is 0 Å². The van der Waals surface area contributed by atoms with Crippen molar-refractivity contribution >= 4 is 21.9 Å². The van der Waals surface area contributed by atoms with Gasteiger partial charge in [-0.1, -0.05) is 29.8 Å². The number of carboxylic acid groups (broad SMARTS) is 1. The summed E-state index contributed by atoms with van der Waals surface area (Å²) in [6.45, 7) is 6.10. The summed E-state index contributed by atoms with van der Waals surface area (Å²) in [6.07, 6.45) is -0.674. The second-order valence-electron chi connectivity index (χ2n) is 8.14. The van der Waals surface area contributed by atoms with Crippen molar-refractivity contribution in [1.29, 1.82) is 0 Å². The number of nitrogens with one attached hydrogen (secondary N) is 1. The summed E-state index contributed by atoms with van der Waals surface area (Å²) in [5.41, 5.74) is 1.95. The van der Waals surface area contributed by atoms with Gasteiger partial charge in [-0.15, -0.1) is 0 Å². The average molecular weight is 461 g/mol. The van der Waals surface area contributed by atoms with Crippen LogP contribution < -0.4 is 5.32 Å². The number of carbonyl (C=O) groups excluding carboxylic acids is 1. The van der Waals surface area contributed by atoms with E-state index in [1.807, 2.05) is 32.9 Å². The molecule has 0 spiro atoms. The van der Waals surface area contributed by atoms with Crippen molar-refractivity contribution in [2.45, 2.75) is 50.3 Å². The molecule has 0 unspecified atom stereocenters. The molecule has 0 aromatic heterocycles. The van der Waals surface area contributed by atoms with Gasteiger partial charge in [0.15, 0.2) is 0 Å². The molecule has 0 radical (unpaired) electrons. The molecule has 2 aromatic carbocycles. The van der Waals surface area contributed by atoms with Gasteiger partial charge in [0.05, 0.1) is 29.6 Å². The zero-order valence-corrected chi connectivity index (χ0v) is 19.1. The van der Waals surface area contributed by atoms with E-state index in [1.165, 1.54) is 28.6 Å². The van der Waals surface area contributed by atoms with Crippen LogP contribution in [0.3, 0.4) is 0 Å². The fraction of sp³-hybridized carbons (Fsp3) is 0.391. The number of benzene rings is 2. The molecule has 1 saturated heterocycles. The molecule has 1 aliphatic heterocycles. The number of sulfonamides is 1. The van der Waals surface area contributed by atoms with E-state index < -0.39 is 27.9 Å². The lowest BCUT2D eigenvalue weighted by Crippen LogP contribution is -2.48. The number of carboxylic acids is 1. The van der Waals surface area contributed by atoms with E-state index in [9.17, 15) is 23.1 Å². The highest BCUT2D eigenvalue weighted by Gasteiger charge is 2.32. The van der Waals surface area contributed by atoms with E-state index in [4.69, 9.17) is 4.74 Å². The summed E-state index contributed by atoms with van der Waals surface area (Å²) in [6, 6.07) is 12.2. The van der Waals surface area contributed by atoms with Gasteiger partial charge in [0.25, 0.3) is 5.91 Å². The molecule has 172 valence electrons. The molecule has 0 aliphatic carbocycles. The number of amides is 1. The molecule has 2 N–H and O–H groups in total. The Bertz CT molecular complexity index is 1060. The Balaban J connectivity index is 1.76. The molecule has 1 fully saturated rings. The van der Waals surface area contributed by atoms with Gasteiger partial charge in [-0.2, -0.15) is 4.31 Å². The molecule has 0 saturated carbocycles. The third-order valence-electron chi connectivity index (χ3n) is 5.30. The summed E-state index contributed by atoms with van der Waals surface area (Å²) in [7, 11) is -3.71. The van der Waals surface area contributed by atoms with E-state index in [1.54, 1.807) is 12.1 Å². The minimum atomic E-state index is -3.71. The maximum atomic E-state index is 13.0. The van der Waals surface area contributed by atoms with Gasteiger partial charge in [-0.25, -0.2) is 8.42 Å². The van der Waals surface area contributed by atoms with Crippen LogP contribution in [0.15, 0.2) is 53.4 Å². The molecule has 1 aliphatic rings. The highest BCUT2D eigenvalue weighted by Crippen LogP contribution is 2.22. The quantitative estimate of drug-likeness (QED) is 0.657. The Labute approximate surface area is 188 Å². The second kappa shape index (κ2) is 9.81. The highest BCUT2D eigenvalue weighted by molar-refractivity contribution is 7.89. The van der Waals surface area contributed by atoms with Gasteiger partial charge in [0, 0.05) is 18.7 Å². The van der Waals surface area contributed by atoms with Crippen LogP contribution in [0.2, 0.25) is 0 Å². The molecule has 8 nitrogen and oxygen atoms in total. The molecular weight excluding hydrogens is 432 g/mol. The summed E-state index contributed by atoms with van der Waals surface area (Å²) >= 11 is 0. The van der Waals surface area contributed by atoms with Crippen LogP contribution in [-0.2, 0) is 19.6 Å². The number of carbonyl (C=O) groups is 2. The number of hydrogen-bond acceptors (Lipinski definition) is 5. The number of rotatable bonds is 7. The lowest BCUT2D eigenvalue weighted by atomic mass is 10.0. The first-order chi connectivity index (χ1) is 15.1. The SMILES string of the molecule is Cc1ccc([C@H](CC(=O)O)NC(=O)c2ccc(S(=O)(=O)N3C[C@H](C)O[C@@H](C)C3)cc2)cc1. The summed E-state index contributed by atoms with van der Waals surface area (Å²) < 4.78 is 32.9. The van der Waals surface area contributed by atoms with Crippen LogP contribution in [0.4, 0.5) is 0 Å². The molecular formula is C23H28N2O6S. The Kier molecular flexibility index (Phi) is 7.33. The number of morpholine rings is 1. The standard InChI is InChI=1S/C23H28N2O6S/c1-15-4-6-18(7-5-15)21(12-22(26)27)24-23(28)19-8-10-20(11-9-19)32(29,30)25-13-16(2)31-17(3)14-25/h4-11,16-17,21H,12-14H2,1-3H3,(H,24,28)(H,26,27)/t16-,17-,21-/m0/s1. The van der Waals surface area contributed by atoms with Crippen molar-refractivity contribution in [2.75, 3.05) is 13.1 Å². The maximum Gasteiger partial charge on any atom is 0.305 e. The zero-order chi connectivity index (χ0) is 23.5. The molecule has 1 heterocycles. The van der Waals surface area contributed by atoms with Crippen LogP contribution >= 0.6 is 0 Å². The van der Waals surface area contributed by atoms with Crippen LogP contribution in [0.5, 0.6) is 0 Å². The first-order valence-electron chi connectivity index (χ1n) is 10.4. The Morgan fingerprint density at radius 3 is 2.16 bits per heavy atom. The van der Waals surface area contributed by atoms with Gasteiger partial charge >= 0.3 is 5.97 Å². The Hall–Kier alpha value is -2.75. The van der Waals surface area contributed by atoms with Crippen LogP contribution in [0, 0.1) is 6.92 Å². The van der Waals surface area contributed by atoms with Gasteiger partial charge in [0.2, 0.25) is 10.0 Å². The number of ether oxygens (including phenoxy) is 1. The highest BCUT2D eigenvalue weighted by atomic mass is 32.2. The topological polar surface area (TPSA) is 113 Å². The first kappa shape index (κ1) is 23.9. The molecule has 3 atom stereocenters. The van der Waals surface area contributed by atoms with E-state index in [-0.39, 0.29) is 42.2 Å². The molecule has 0 bridgehead atoms. The monoisotopic (exact) mass is 460 g/mol. The smallest absolute Gasteiger partial charge is 0.305 e. The number of aliphatic carboxylic acids is 1. The molecule has 2 aromatic rings. The van der Waals surface area contributed by atoms with Gasteiger partial charge in [-0.05, 0) is 50.6 Å². The van der Waals surface area contributed by atoms with E-state index in [0.717, 1.165) is 5.56 Å². The number of aryl methyl sites for hydroxylation is 1.